The van der Waals surface area contributed by atoms with E-state index in [9.17, 15) is 8.78 Å². The molecule has 0 fully saturated rings. The summed E-state index contributed by atoms with van der Waals surface area (Å²) < 4.78 is 27.9. The fourth-order valence-electron chi connectivity index (χ4n) is 2.13. The fraction of sp³-hybridized carbons (Fsp3) is 0.312. The van der Waals surface area contributed by atoms with E-state index in [0.29, 0.717) is 12.0 Å². The Morgan fingerprint density at radius 2 is 2.05 bits per heavy atom. The number of benzene rings is 1. The van der Waals surface area contributed by atoms with Crippen molar-refractivity contribution in [1.82, 2.24) is 10.3 Å². The molecule has 1 aromatic heterocycles. The first-order valence-electron chi connectivity index (χ1n) is 6.89. The highest BCUT2D eigenvalue weighted by atomic mass is 79.9. The van der Waals surface area contributed by atoms with Crippen molar-refractivity contribution >= 4 is 15.9 Å². The fourth-order valence-corrected chi connectivity index (χ4v) is 2.37. The van der Waals surface area contributed by atoms with Gasteiger partial charge in [0.1, 0.15) is 11.6 Å². The van der Waals surface area contributed by atoms with E-state index < -0.39 is 11.6 Å². The molecule has 0 saturated heterocycles. The molecule has 2 aromatic rings. The Bertz CT molecular complexity index is 587. The second-order valence-corrected chi connectivity index (χ2v) is 5.76. The van der Waals surface area contributed by atoms with Gasteiger partial charge in [-0.2, -0.15) is 0 Å². The van der Waals surface area contributed by atoms with Crippen molar-refractivity contribution in [3.63, 3.8) is 0 Å². The van der Waals surface area contributed by atoms with E-state index in [0.717, 1.165) is 29.2 Å². The van der Waals surface area contributed by atoms with Crippen LogP contribution in [0.15, 0.2) is 41.0 Å². The molecule has 0 bridgehead atoms. The molecule has 1 atom stereocenters. The van der Waals surface area contributed by atoms with Crippen molar-refractivity contribution < 1.29 is 8.78 Å². The minimum atomic E-state index is -0.563. The summed E-state index contributed by atoms with van der Waals surface area (Å²) in [5, 5.41) is 3.29. The minimum absolute atomic E-state index is 0.223. The van der Waals surface area contributed by atoms with Crippen molar-refractivity contribution in [2.24, 2.45) is 0 Å². The smallest absolute Gasteiger partial charge is 0.130 e. The maximum atomic E-state index is 14.0. The Hall–Kier alpha value is -1.33. The van der Waals surface area contributed by atoms with E-state index in [-0.39, 0.29) is 6.04 Å². The Morgan fingerprint density at radius 1 is 1.24 bits per heavy atom. The standard InChI is InChI=1S/C16H17BrF2N2/c1-2-7-20-16(9-13-5-3-11(17)10-21-13)14-6-4-12(18)8-15(14)19/h3-6,8,10,16,20H,2,7,9H2,1H3. The van der Waals surface area contributed by atoms with Gasteiger partial charge in [0.25, 0.3) is 0 Å². The molecule has 1 aromatic carbocycles. The van der Waals surface area contributed by atoms with E-state index in [2.05, 4.69) is 26.2 Å². The molecule has 1 N–H and O–H groups in total. The summed E-state index contributed by atoms with van der Waals surface area (Å²) in [7, 11) is 0. The summed E-state index contributed by atoms with van der Waals surface area (Å²) in [6.45, 7) is 2.81. The molecule has 0 aliphatic heterocycles. The van der Waals surface area contributed by atoms with Crippen molar-refractivity contribution in [2.75, 3.05) is 6.54 Å². The van der Waals surface area contributed by atoms with Gasteiger partial charge in [-0.1, -0.05) is 13.0 Å². The lowest BCUT2D eigenvalue weighted by Gasteiger charge is -2.19. The van der Waals surface area contributed by atoms with Crippen molar-refractivity contribution in [3.05, 3.63) is 63.9 Å². The van der Waals surface area contributed by atoms with Crippen LogP contribution >= 0.6 is 15.9 Å². The zero-order valence-corrected chi connectivity index (χ0v) is 13.3. The second kappa shape index (κ2) is 7.61. The molecular formula is C16H17BrF2N2. The van der Waals surface area contributed by atoms with Gasteiger partial charge in [-0.25, -0.2) is 8.78 Å². The number of hydrogen-bond donors (Lipinski definition) is 1. The molecule has 0 saturated carbocycles. The van der Waals surface area contributed by atoms with Gasteiger partial charge in [0, 0.05) is 40.5 Å². The van der Waals surface area contributed by atoms with Gasteiger partial charge >= 0.3 is 0 Å². The molecule has 2 nitrogen and oxygen atoms in total. The first-order chi connectivity index (χ1) is 10.1. The van der Waals surface area contributed by atoms with Gasteiger partial charge in [0.15, 0.2) is 0 Å². The minimum Gasteiger partial charge on any atom is -0.310 e. The third kappa shape index (κ3) is 4.58. The topological polar surface area (TPSA) is 24.9 Å². The number of halogens is 3. The number of aromatic nitrogens is 1. The maximum Gasteiger partial charge on any atom is 0.130 e. The quantitative estimate of drug-likeness (QED) is 0.831. The third-order valence-corrected chi connectivity index (χ3v) is 3.65. The van der Waals surface area contributed by atoms with E-state index in [1.807, 2.05) is 19.1 Å². The van der Waals surface area contributed by atoms with Crippen LogP contribution in [-0.4, -0.2) is 11.5 Å². The van der Waals surface area contributed by atoms with E-state index in [4.69, 9.17) is 0 Å². The molecule has 2 rings (SSSR count). The highest BCUT2D eigenvalue weighted by Crippen LogP contribution is 2.22. The van der Waals surface area contributed by atoms with Crippen LogP contribution in [-0.2, 0) is 6.42 Å². The Kier molecular flexibility index (Phi) is 5.82. The molecule has 5 heteroatoms. The average Bonchev–Trinajstić information content (AvgIpc) is 2.46. The molecular weight excluding hydrogens is 338 g/mol. The summed E-state index contributed by atoms with van der Waals surface area (Å²) in [6, 6.07) is 7.28. The molecule has 0 aliphatic carbocycles. The monoisotopic (exact) mass is 354 g/mol. The number of rotatable bonds is 6. The van der Waals surface area contributed by atoms with Crippen LogP contribution in [0.5, 0.6) is 0 Å². The van der Waals surface area contributed by atoms with Crippen LogP contribution in [0.25, 0.3) is 0 Å². The zero-order valence-electron chi connectivity index (χ0n) is 11.7. The van der Waals surface area contributed by atoms with Crippen LogP contribution in [0.4, 0.5) is 8.78 Å². The van der Waals surface area contributed by atoms with Crippen LogP contribution in [0.2, 0.25) is 0 Å². The van der Waals surface area contributed by atoms with E-state index in [1.165, 1.54) is 12.1 Å². The Labute approximate surface area is 131 Å². The van der Waals surface area contributed by atoms with Crippen molar-refractivity contribution in [2.45, 2.75) is 25.8 Å². The average molecular weight is 355 g/mol. The van der Waals surface area contributed by atoms with Gasteiger partial charge in [-0.3, -0.25) is 4.98 Å². The van der Waals surface area contributed by atoms with E-state index in [1.54, 1.807) is 6.20 Å². The SMILES string of the molecule is CCCNC(Cc1ccc(Br)cn1)c1ccc(F)cc1F. The second-order valence-electron chi connectivity index (χ2n) is 4.84. The molecule has 0 radical (unpaired) electrons. The summed E-state index contributed by atoms with van der Waals surface area (Å²) in [4.78, 5) is 4.32. The Morgan fingerprint density at radius 3 is 2.67 bits per heavy atom. The first kappa shape index (κ1) is 16.0. The molecule has 21 heavy (non-hydrogen) atoms. The van der Waals surface area contributed by atoms with Gasteiger partial charge in [-0.15, -0.1) is 0 Å². The summed E-state index contributed by atoms with van der Waals surface area (Å²) in [5.41, 5.74) is 1.32. The zero-order chi connectivity index (χ0) is 15.2. The summed E-state index contributed by atoms with van der Waals surface area (Å²) in [5.74, 6) is -1.09. The maximum absolute atomic E-state index is 14.0. The molecule has 1 unspecified atom stereocenters. The number of nitrogens with one attached hydrogen (secondary N) is 1. The van der Waals surface area contributed by atoms with Crippen LogP contribution in [0, 0.1) is 11.6 Å². The summed E-state index contributed by atoms with van der Waals surface area (Å²) >= 11 is 3.34. The van der Waals surface area contributed by atoms with Gasteiger partial charge < -0.3 is 5.32 Å². The third-order valence-electron chi connectivity index (χ3n) is 3.18. The number of pyridine rings is 1. The number of nitrogens with zero attached hydrogens (tertiary/aromatic N) is 1. The van der Waals surface area contributed by atoms with Crippen LogP contribution < -0.4 is 5.32 Å². The van der Waals surface area contributed by atoms with Crippen molar-refractivity contribution in [3.8, 4) is 0 Å². The lowest BCUT2D eigenvalue weighted by atomic mass is 10.0. The first-order valence-corrected chi connectivity index (χ1v) is 7.68. The Balaban J connectivity index is 2.22. The highest BCUT2D eigenvalue weighted by molar-refractivity contribution is 9.10. The van der Waals surface area contributed by atoms with Crippen LogP contribution in [0.3, 0.4) is 0 Å². The van der Waals surface area contributed by atoms with Gasteiger partial charge in [0.2, 0.25) is 0 Å². The van der Waals surface area contributed by atoms with Gasteiger partial charge in [0.05, 0.1) is 0 Å². The predicted octanol–water partition coefficient (Wildman–Crippen LogP) is 4.41. The largest absolute Gasteiger partial charge is 0.310 e. The lowest BCUT2D eigenvalue weighted by molar-refractivity contribution is 0.488. The molecule has 0 aliphatic rings. The highest BCUT2D eigenvalue weighted by Gasteiger charge is 2.17. The molecule has 112 valence electrons. The van der Waals surface area contributed by atoms with Crippen molar-refractivity contribution in [1.29, 1.82) is 0 Å². The van der Waals surface area contributed by atoms with Gasteiger partial charge in [-0.05, 0) is 47.1 Å². The number of hydrogen-bond acceptors (Lipinski definition) is 2. The normalized spacial score (nSPS) is 12.4. The predicted molar refractivity (Wildman–Crippen MR) is 83.0 cm³/mol. The molecule has 0 amide bonds. The van der Waals surface area contributed by atoms with Crippen LogP contribution in [0.1, 0.15) is 30.6 Å². The van der Waals surface area contributed by atoms with E-state index >= 15 is 0 Å². The molecule has 1 heterocycles. The lowest BCUT2D eigenvalue weighted by Crippen LogP contribution is -2.25. The molecule has 0 spiro atoms. The summed E-state index contributed by atoms with van der Waals surface area (Å²) in [6.07, 6.45) is 3.20.